The summed E-state index contributed by atoms with van der Waals surface area (Å²) in [5.41, 5.74) is 12.4. The van der Waals surface area contributed by atoms with E-state index in [-0.39, 0.29) is 12.5 Å². The van der Waals surface area contributed by atoms with Crippen LogP contribution in [0.1, 0.15) is 26.7 Å². The summed E-state index contributed by atoms with van der Waals surface area (Å²) in [5.74, 6) is 1.15. The van der Waals surface area contributed by atoms with Gasteiger partial charge in [-0.15, -0.1) is 0 Å². The number of nitrogens with zero attached hydrogens (tertiary/aromatic N) is 4. The van der Waals surface area contributed by atoms with E-state index in [4.69, 9.17) is 15.5 Å². The highest BCUT2D eigenvalue weighted by molar-refractivity contribution is 9.10. The van der Waals surface area contributed by atoms with E-state index >= 15 is 0 Å². The molecular weight excluding hydrogens is 548 g/mol. The molecule has 11 heteroatoms. The third-order valence-corrected chi connectivity index (χ3v) is 7.42. The van der Waals surface area contributed by atoms with Crippen molar-refractivity contribution in [1.82, 2.24) is 25.2 Å². The summed E-state index contributed by atoms with van der Waals surface area (Å²) < 4.78 is 6.38. The molecule has 1 aliphatic heterocycles. The summed E-state index contributed by atoms with van der Waals surface area (Å²) in [7, 11) is 3.39. The molecule has 202 valence electrons. The zero-order valence-corrected chi connectivity index (χ0v) is 23.9. The summed E-state index contributed by atoms with van der Waals surface area (Å²) in [6.45, 7) is 6.70. The van der Waals surface area contributed by atoms with E-state index < -0.39 is 0 Å². The number of allylic oxidation sites excluding steroid dienone is 1. The van der Waals surface area contributed by atoms with E-state index in [1.54, 1.807) is 13.2 Å². The number of aromatic amines is 1. The summed E-state index contributed by atoms with van der Waals surface area (Å²) in [5, 5.41) is 6.26. The molecular formula is C27H35BrN8O2. The highest BCUT2D eigenvalue weighted by atomic mass is 79.9. The Morgan fingerprint density at radius 3 is 2.61 bits per heavy atom. The number of ether oxygens (including phenoxy) is 1. The van der Waals surface area contributed by atoms with Gasteiger partial charge in [0, 0.05) is 68.5 Å². The predicted octanol–water partition coefficient (Wildman–Crippen LogP) is 3.71. The number of piperidine rings is 1. The maximum Gasteiger partial charge on any atom is 0.257 e. The number of likely N-dealkylation sites (tertiary alicyclic amines) is 1. The van der Waals surface area contributed by atoms with Crippen molar-refractivity contribution in [3.8, 4) is 17.1 Å². The van der Waals surface area contributed by atoms with E-state index in [9.17, 15) is 4.79 Å². The molecule has 3 aromatic rings. The van der Waals surface area contributed by atoms with Crippen molar-refractivity contribution in [3.05, 3.63) is 46.2 Å². The number of likely N-dealkylation sites (N-methyl/N-ethyl adjacent to an activating group) is 1. The van der Waals surface area contributed by atoms with Gasteiger partial charge in [-0.3, -0.25) is 14.7 Å². The largest absolute Gasteiger partial charge is 0.484 e. The highest BCUT2D eigenvalue weighted by Crippen LogP contribution is 2.33. The minimum absolute atomic E-state index is 0.0243. The number of hydrogen-bond acceptors (Lipinski definition) is 8. The molecule has 0 radical (unpaired) electrons. The standard InChI is InChI=1S/C27H35BrN8O2/c1-16(29)21(17(2)30-3)14-36-11-9-19(10-12-36)33-24-22(28)13-32-27-25(24)34-26(35-27)18-5-7-20(8-6-18)38-15-23(37)31-4/h5-8,13,19H,9-12,14-15,29H2,1-4H3,(H,31,37)(H2,32,33,34,35). The van der Waals surface area contributed by atoms with Gasteiger partial charge in [0.05, 0.1) is 10.2 Å². The first kappa shape index (κ1) is 27.6. The van der Waals surface area contributed by atoms with Gasteiger partial charge in [-0.2, -0.15) is 0 Å². The van der Waals surface area contributed by atoms with Crippen LogP contribution in [0, 0.1) is 0 Å². The van der Waals surface area contributed by atoms with Crippen LogP contribution in [-0.2, 0) is 4.79 Å². The molecule has 1 fully saturated rings. The lowest BCUT2D eigenvalue weighted by Crippen LogP contribution is -2.41. The van der Waals surface area contributed by atoms with Crippen LogP contribution in [0.5, 0.6) is 5.75 Å². The van der Waals surface area contributed by atoms with Crippen molar-refractivity contribution >= 4 is 44.4 Å². The molecule has 10 nitrogen and oxygen atoms in total. The second-order valence-electron chi connectivity index (χ2n) is 9.42. The number of carbonyl (C=O) groups excluding carboxylic acids is 1. The van der Waals surface area contributed by atoms with Gasteiger partial charge >= 0.3 is 0 Å². The Morgan fingerprint density at radius 2 is 1.97 bits per heavy atom. The average Bonchev–Trinajstić information content (AvgIpc) is 3.37. The number of hydrogen-bond donors (Lipinski definition) is 4. The number of anilines is 1. The number of H-pyrrole nitrogens is 1. The van der Waals surface area contributed by atoms with Gasteiger partial charge in [-0.1, -0.05) is 0 Å². The normalized spacial score (nSPS) is 15.9. The maximum atomic E-state index is 11.4. The lowest BCUT2D eigenvalue weighted by Gasteiger charge is -2.33. The lowest BCUT2D eigenvalue weighted by molar-refractivity contribution is -0.122. The average molecular weight is 584 g/mol. The van der Waals surface area contributed by atoms with Crippen molar-refractivity contribution < 1.29 is 9.53 Å². The summed E-state index contributed by atoms with van der Waals surface area (Å²) in [4.78, 5) is 30.8. The van der Waals surface area contributed by atoms with E-state index in [0.717, 1.165) is 70.7 Å². The number of imidazole rings is 1. The molecule has 5 N–H and O–H groups in total. The van der Waals surface area contributed by atoms with Gasteiger partial charge in [0.1, 0.15) is 17.1 Å². The molecule has 0 atom stereocenters. The Labute approximate surface area is 231 Å². The Kier molecular flexibility index (Phi) is 9.01. The SMILES string of the molecule is CN=C(C)C(CN1CCC(Nc2c(Br)cnc3nc(-c4ccc(OCC(=O)NC)cc4)[nH]c23)CC1)=C(C)N. The smallest absolute Gasteiger partial charge is 0.257 e. The number of pyridine rings is 1. The fourth-order valence-electron chi connectivity index (χ4n) is 4.46. The van der Waals surface area contributed by atoms with Crippen LogP contribution in [0.15, 0.2) is 51.2 Å². The Morgan fingerprint density at radius 1 is 1.26 bits per heavy atom. The first-order valence-corrected chi connectivity index (χ1v) is 13.4. The molecule has 2 aromatic heterocycles. The molecule has 0 spiro atoms. The van der Waals surface area contributed by atoms with Crippen LogP contribution in [0.25, 0.3) is 22.6 Å². The van der Waals surface area contributed by atoms with Gasteiger partial charge in [-0.05, 0) is 66.9 Å². The first-order chi connectivity index (χ1) is 18.3. The van der Waals surface area contributed by atoms with Crippen LogP contribution in [0.3, 0.4) is 0 Å². The highest BCUT2D eigenvalue weighted by Gasteiger charge is 2.23. The van der Waals surface area contributed by atoms with Crippen LogP contribution < -0.4 is 21.1 Å². The third kappa shape index (κ3) is 6.51. The third-order valence-electron chi connectivity index (χ3n) is 6.82. The van der Waals surface area contributed by atoms with Gasteiger partial charge in [-0.25, -0.2) is 9.97 Å². The van der Waals surface area contributed by atoms with E-state index in [2.05, 4.69) is 46.4 Å². The number of nitrogens with two attached hydrogens (primary N) is 1. The predicted molar refractivity (Wildman–Crippen MR) is 156 cm³/mol. The Hall–Kier alpha value is -3.44. The van der Waals surface area contributed by atoms with Crippen LogP contribution in [0.4, 0.5) is 5.69 Å². The van der Waals surface area contributed by atoms with Crippen molar-refractivity contribution in [3.63, 3.8) is 0 Å². The first-order valence-electron chi connectivity index (χ1n) is 12.6. The summed E-state index contributed by atoms with van der Waals surface area (Å²) >= 11 is 3.67. The molecule has 1 amide bonds. The van der Waals surface area contributed by atoms with Crippen LogP contribution >= 0.6 is 15.9 Å². The summed E-state index contributed by atoms with van der Waals surface area (Å²) in [6, 6.07) is 7.78. The number of rotatable bonds is 9. The van der Waals surface area contributed by atoms with Gasteiger partial charge in [0.25, 0.3) is 5.91 Å². The van der Waals surface area contributed by atoms with Gasteiger partial charge in [0.2, 0.25) is 0 Å². The molecule has 1 aliphatic rings. The number of aromatic nitrogens is 3. The van der Waals surface area contributed by atoms with E-state index in [1.807, 2.05) is 45.2 Å². The fourth-order valence-corrected chi connectivity index (χ4v) is 4.88. The molecule has 0 aliphatic carbocycles. The zero-order chi connectivity index (χ0) is 27.2. The van der Waals surface area contributed by atoms with Crippen molar-refractivity contribution in [2.24, 2.45) is 10.7 Å². The van der Waals surface area contributed by atoms with Crippen LogP contribution in [0.2, 0.25) is 0 Å². The van der Waals surface area contributed by atoms with Crippen molar-refractivity contribution in [1.29, 1.82) is 0 Å². The van der Waals surface area contributed by atoms with Gasteiger partial charge < -0.3 is 26.1 Å². The molecule has 1 aromatic carbocycles. The lowest BCUT2D eigenvalue weighted by atomic mass is 10.0. The molecule has 0 unspecified atom stereocenters. The minimum Gasteiger partial charge on any atom is -0.484 e. The molecule has 1 saturated heterocycles. The number of fused-ring (bicyclic) bond motifs is 1. The molecule has 0 bridgehead atoms. The Bertz CT molecular complexity index is 1340. The fraction of sp³-hybridized carbons (Fsp3) is 0.407. The number of benzene rings is 1. The monoisotopic (exact) mass is 582 g/mol. The van der Waals surface area contributed by atoms with E-state index in [0.29, 0.717) is 23.3 Å². The second-order valence-corrected chi connectivity index (χ2v) is 10.3. The van der Waals surface area contributed by atoms with Gasteiger partial charge in [0.15, 0.2) is 12.3 Å². The zero-order valence-electron chi connectivity index (χ0n) is 22.3. The number of carbonyl (C=O) groups is 1. The van der Waals surface area contributed by atoms with Crippen molar-refractivity contribution in [2.75, 3.05) is 45.7 Å². The number of aliphatic imine (C=N–C) groups is 1. The van der Waals surface area contributed by atoms with Crippen LogP contribution in [-0.4, -0.2) is 77.8 Å². The molecule has 4 rings (SSSR count). The maximum absolute atomic E-state index is 11.4. The quantitative estimate of drug-likeness (QED) is 0.282. The topological polar surface area (TPSA) is 134 Å². The summed E-state index contributed by atoms with van der Waals surface area (Å²) in [6.07, 6.45) is 3.80. The minimum atomic E-state index is -0.179. The Balaban J connectivity index is 1.44. The number of nitrogens with one attached hydrogen (secondary N) is 3. The number of halogens is 1. The molecule has 0 saturated carbocycles. The molecule has 38 heavy (non-hydrogen) atoms. The number of amides is 1. The molecule has 3 heterocycles. The van der Waals surface area contributed by atoms with E-state index in [1.165, 1.54) is 0 Å². The second kappa shape index (κ2) is 12.4. The van der Waals surface area contributed by atoms with Crippen molar-refractivity contribution in [2.45, 2.75) is 32.7 Å².